The van der Waals surface area contributed by atoms with Crippen LogP contribution in [0.2, 0.25) is 0 Å². The number of fused-ring (bicyclic) bond motifs is 1. The number of aromatic amines is 1. The molecule has 0 aliphatic carbocycles. The number of rotatable bonds is 5. The maximum atomic E-state index is 4.55. The molecule has 2 heterocycles. The van der Waals surface area contributed by atoms with E-state index in [0.29, 0.717) is 5.75 Å². The van der Waals surface area contributed by atoms with E-state index in [4.69, 9.17) is 0 Å². The minimum atomic E-state index is 0.694. The summed E-state index contributed by atoms with van der Waals surface area (Å²) in [7, 11) is 0. The van der Waals surface area contributed by atoms with Crippen molar-refractivity contribution < 1.29 is 0 Å². The molecule has 0 atom stereocenters. The molecule has 3 aromatic rings. The van der Waals surface area contributed by atoms with Gasteiger partial charge in [-0.2, -0.15) is 0 Å². The molecule has 2 N–H and O–H groups in total. The molecule has 0 fully saturated rings. The largest absolute Gasteiger partial charge is 0.370 e. The zero-order chi connectivity index (χ0) is 14.7. The fourth-order valence-corrected chi connectivity index (χ4v) is 2.84. The molecule has 2 aromatic heterocycles. The van der Waals surface area contributed by atoms with E-state index in [1.807, 2.05) is 37.3 Å². The normalized spacial score (nSPS) is 11.0. The summed E-state index contributed by atoms with van der Waals surface area (Å²) in [4.78, 5) is 16.8. The number of imidazole rings is 1. The Balaban J connectivity index is 1.74. The highest BCUT2D eigenvalue weighted by Gasteiger charge is 2.06. The van der Waals surface area contributed by atoms with Gasteiger partial charge in [0.1, 0.15) is 11.6 Å². The van der Waals surface area contributed by atoms with E-state index in [9.17, 15) is 0 Å². The smallest absolute Gasteiger partial charge is 0.166 e. The number of para-hydroxylation sites is 2. The zero-order valence-corrected chi connectivity index (χ0v) is 12.9. The third kappa shape index (κ3) is 3.33. The minimum absolute atomic E-state index is 0.694. The third-order valence-electron chi connectivity index (χ3n) is 2.96. The summed E-state index contributed by atoms with van der Waals surface area (Å²) < 4.78 is 0. The summed E-state index contributed by atoms with van der Waals surface area (Å²) in [5.74, 6) is 2.39. The van der Waals surface area contributed by atoms with E-state index < -0.39 is 0 Å². The van der Waals surface area contributed by atoms with Gasteiger partial charge in [-0.3, -0.25) is 0 Å². The van der Waals surface area contributed by atoms with E-state index in [1.165, 1.54) is 0 Å². The van der Waals surface area contributed by atoms with Crippen molar-refractivity contribution in [2.45, 2.75) is 24.8 Å². The number of nitrogens with one attached hydrogen (secondary N) is 2. The van der Waals surface area contributed by atoms with Gasteiger partial charge in [-0.25, -0.2) is 15.0 Å². The first kappa shape index (κ1) is 13.9. The molecule has 3 rings (SSSR count). The lowest BCUT2D eigenvalue weighted by molar-refractivity contribution is 0.980. The fraction of sp³-hybridized carbons (Fsp3) is 0.267. The van der Waals surface area contributed by atoms with Gasteiger partial charge in [0, 0.05) is 18.3 Å². The van der Waals surface area contributed by atoms with Crippen LogP contribution in [0.25, 0.3) is 11.0 Å². The highest BCUT2D eigenvalue weighted by molar-refractivity contribution is 7.98. The van der Waals surface area contributed by atoms with E-state index in [2.05, 4.69) is 32.2 Å². The lowest BCUT2D eigenvalue weighted by Crippen LogP contribution is -2.04. The molecular formula is C15H17N5S. The Labute approximate surface area is 127 Å². The van der Waals surface area contributed by atoms with Crippen LogP contribution in [0.1, 0.15) is 18.4 Å². The lowest BCUT2D eigenvalue weighted by atomic mass is 10.3. The van der Waals surface area contributed by atoms with E-state index in [-0.39, 0.29) is 0 Å². The first-order chi connectivity index (χ1) is 10.2. The first-order valence-corrected chi connectivity index (χ1v) is 7.89. The fourth-order valence-electron chi connectivity index (χ4n) is 2.10. The molecule has 0 radical (unpaired) electrons. The first-order valence-electron chi connectivity index (χ1n) is 6.90. The highest BCUT2D eigenvalue weighted by Crippen LogP contribution is 2.22. The maximum absolute atomic E-state index is 4.55. The van der Waals surface area contributed by atoms with Crippen molar-refractivity contribution in [1.29, 1.82) is 0 Å². The Morgan fingerprint density at radius 2 is 2.05 bits per heavy atom. The molecule has 0 aliphatic heterocycles. The Bertz CT molecular complexity index is 720. The summed E-state index contributed by atoms with van der Waals surface area (Å²) in [5, 5.41) is 4.12. The Morgan fingerprint density at radius 3 is 2.86 bits per heavy atom. The standard InChI is InChI=1S/C15H17N5S/c1-3-16-13-8-10(2)17-14(20-13)9-21-15-18-11-6-4-5-7-12(11)19-15/h4-8H,3,9H2,1-2H3,(H,18,19)(H,16,17,20). The SMILES string of the molecule is CCNc1cc(C)nc(CSc2nc3ccccc3[nH]2)n1. The molecule has 0 amide bonds. The average molecular weight is 299 g/mol. The molecule has 6 heteroatoms. The predicted octanol–water partition coefficient (Wildman–Crippen LogP) is 3.39. The topological polar surface area (TPSA) is 66.5 Å². The second-order valence-electron chi connectivity index (χ2n) is 4.69. The van der Waals surface area contributed by atoms with Gasteiger partial charge >= 0.3 is 0 Å². The number of hydrogen-bond donors (Lipinski definition) is 2. The van der Waals surface area contributed by atoms with Crippen LogP contribution in [0.3, 0.4) is 0 Å². The number of thioether (sulfide) groups is 1. The predicted molar refractivity (Wildman–Crippen MR) is 86.6 cm³/mol. The van der Waals surface area contributed by atoms with Gasteiger partial charge in [0.15, 0.2) is 5.16 Å². The van der Waals surface area contributed by atoms with Crippen LogP contribution in [0.15, 0.2) is 35.5 Å². The Hall–Kier alpha value is -2.08. The maximum Gasteiger partial charge on any atom is 0.166 e. The van der Waals surface area contributed by atoms with Gasteiger partial charge in [-0.05, 0) is 26.0 Å². The Morgan fingerprint density at radius 1 is 1.19 bits per heavy atom. The van der Waals surface area contributed by atoms with Crippen LogP contribution < -0.4 is 5.32 Å². The third-order valence-corrected chi connectivity index (χ3v) is 3.83. The van der Waals surface area contributed by atoms with Crippen molar-refractivity contribution in [2.75, 3.05) is 11.9 Å². The van der Waals surface area contributed by atoms with Crippen LogP contribution in [0.4, 0.5) is 5.82 Å². The molecular weight excluding hydrogens is 282 g/mol. The van der Waals surface area contributed by atoms with Crippen LogP contribution in [0.5, 0.6) is 0 Å². The van der Waals surface area contributed by atoms with Gasteiger partial charge in [0.2, 0.25) is 0 Å². The van der Waals surface area contributed by atoms with Crippen molar-refractivity contribution in [3.05, 3.63) is 41.9 Å². The van der Waals surface area contributed by atoms with Gasteiger partial charge in [-0.15, -0.1) is 0 Å². The van der Waals surface area contributed by atoms with Gasteiger partial charge in [0.25, 0.3) is 0 Å². The van der Waals surface area contributed by atoms with Gasteiger partial charge in [0.05, 0.1) is 16.8 Å². The molecule has 108 valence electrons. The number of aromatic nitrogens is 4. The van der Waals surface area contributed by atoms with Gasteiger partial charge < -0.3 is 10.3 Å². The lowest BCUT2D eigenvalue weighted by Gasteiger charge is -2.06. The Kier molecular flexibility index (Phi) is 4.06. The number of nitrogens with zero attached hydrogens (tertiary/aromatic N) is 3. The molecule has 5 nitrogen and oxygen atoms in total. The van der Waals surface area contributed by atoms with Crippen LogP contribution in [0, 0.1) is 6.92 Å². The van der Waals surface area contributed by atoms with E-state index in [1.54, 1.807) is 11.8 Å². The second kappa shape index (κ2) is 6.13. The highest BCUT2D eigenvalue weighted by atomic mass is 32.2. The summed E-state index contributed by atoms with van der Waals surface area (Å²) in [5.41, 5.74) is 3.01. The van der Waals surface area contributed by atoms with Crippen molar-refractivity contribution >= 4 is 28.6 Å². The molecule has 0 aliphatic rings. The average Bonchev–Trinajstić information content (AvgIpc) is 2.88. The number of H-pyrrole nitrogens is 1. The summed E-state index contributed by atoms with van der Waals surface area (Å²) >= 11 is 1.62. The zero-order valence-electron chi connectivity index (χ0n) is 12.1. The summed E-state index contributed by atoms with van der Waals surface area (Å²) in [6, 6.07) is 9.98. The second-order valence-corrected chi connectivity index (χ2v) is 5.65. The molecule has 0 spiro atoms. The molecule has 1 aromatic carbocycles. The number of hydrogen-bond acceptors (Lipinski definition) is 5. The molecule has 0 saturated heterocycles. The van der Waals surface area contributed by atoms with Crippen molar-refractivity contribution in [3.63, 3.8) is 0 Å². The minimum Gasteiger partial charge on any atom is -0.370 e. The molecule has 21 heavy (non-hydrogen) atoms. The van der Waals surface area contributed by atoms with Crippen LogP contribution in [-0.2, 0) is 5.75 Å². The van der Waals surface area contributed by atoms with E-state index in [0.717, 1.165) is 40.1 Å². The van der Waals surface area contributed by atoms with Crippen molar-refractivity contribution in [2.24, 2.45) is 0 Å². The van der Waals surface area contributed by atoms with Crippen LogP contribution in [-0.4, -0.2) is 26.5 Å². The number of benzene rings is 1. The van der Waals surface area contributed by atoms with Crippen LogP contribution >= 0.6 is 11.8 Å². The van der Waals surface area contributed by atoms with Crippen molar-refractivity contribution in [3.8, 4) is 0 Å². The molecule has 0 unspecified atom stereocenters. The molecule has 0 bridgehead atoms. The number of aryl methyl sites for hydroxylation is 1. The van der Waals surface area contributed by atoms with Crippen molar-refractivity contribution in [1.82, 2.24) is 19.9 Å². The number of anilines is 1. The quantitative estimate of drug-likeness (QED) is 0.707. The van der Waals surface area contributed by atoms with Gasteiger partial charge in [-0.1, -0.05) is 23.9 Å². The summed E-state index contributed by atoms with van der Waals surface area (Å²) in [6.45, 7) is 4.89. The monoisotopic (exact) mass is 299 g/mol. The summed E-state index contributed by atoms with van der Waals surface area (Å²) in [6.07, 6.45) is 0. The van der Waals surface area contributed by atoms with E-state index >= 15 is 0 Å². The molecule has 0 saturated carbocycles.